The highest BCUT2D eigenvalue weighted by atomic mass is 19.3. The van der Waals surface area contributed by atoms with E-state index in [1.54, 1.807) is 6.20 Å². The fourth-order valence-corrected chi connectivity index (χ4v) is 3.90. The van der Waals surface area contributed by atoms with Crippen LogP contribution in [0.5, 0.6) is 0 Å². The molecule has 3 N–H and O–H groups in total. The van der Waals surface area contributed by atoms with Crippen molar-refractivity contribution in [2.24, 2.45) is 11.1 Å². The highest BCUT2D eigenvalue weighted by molar-refractivity contribution is 5.37. The number of nitrogens with zero attached hydrogens (tertiary/aromatic N) is 2. The van der Waals surface area contributed by atoms with Crippen LogP contribution in [0.25, 0.3) is 0 Å². The lowest BCUT2D eigenvalue weighted by atomic mass is 9.74. The number of H-pyrrole nitrogens is 1. The fourth-order valence-electron chi connectivity index (χ4n) is 3.90. The van der Waals surface area contributed by atoms with Crippen molar-refractivity contribution < 1.29 is 8.78 Å². The van der Waals surface area contributed by atoms with E-state index in [0.717, 1.165) is 5.69 Å². The van der Waals surface area contributed by atoms with Crippen molar-refractivity contribution in [2.75, 3.05) is 18.0 Å². The van der Waals surface area contributed by atoms with Crippen molar-refractivity contribution >= 4 is 5.82 Å². The third-order valence-corrected chi connectivity index (χ3v) is 5.38. The summed E-state index contributed by atoms with van der Waals surface area (Å²) in [7, 11) is 0. The molecule has 23 heavy (non-hydrogen) atoms. The van der Waals surface area contributed by atoms with Crippen LogP contribution in [-0.2, 0) is 0 Å². The lowest BCUT2D eigenvalue weighted by Gasteiger charge is -2.41. The molecule has 1 saturated carbocycles. The van der Waals surface area contributed by atoms with Crippen LogP contribution in [0, 0.1) is 5.41 Å². The van der Waals surface area contributed by atoms with Gasteiger partial charge in [-0.1, -0.05) is 13.8 Å². The minimum Gasteiger partial charge on any atom is -0.352 e. The molecule has 1 aliphatic heterocycles. The van der Waals surface area contributed by atoms with E-state index in [4.69, 9.17) is 5.73 Å². The summed E-state index contributed by atoms with van der Waals surface area (Å²) in [6.45, 7) is 5.06. The zero-order valence-corrected chi connectivity index (χ0v) is 13.6. The van der Waals surface area contributed by atoms with E-state index in [-0.39, 0.29) is 24.3 Å². The van der Waals surface area contributed by atoms with Gasteiger partial charge in [0.25, 0.3) is 5.56 Å². The fraction of sp³-hybridized carbons (Fsp3) is 0.750. The largest absolute Gasteiger partial charge is 0.352 e. The summed E-state index contributed by atoms with van der Waals surface area (Å²) in [5.74, 6) is -2.08. The summed E-state index contributed by atoms with van der Waals surface area (Å²) < 4.78 is 27.3. The van der Waals surface area contributed by atoms with Crippen LogP contribution in [0.4, 0.5) is 14.6 Å². The lowest BCUT2D eigenvalue weighted by Crippen LogP contribution is -2.48. The lowest BCUT2D eigenvalue weighted by molar-refractivity contribution is -0.00684. The summed E-state index contributed by atoms with van der Waals surface area (Å²) in [4.78, 5) is 21.2. The zero-order chi connectivity index (χ0) is 16.8. The van der Waals surface area contributed by atoms with E-state index in [2.05, 4.69) is 9.97 Å². The predicted octanol–water partition coefficient (Wildman–Crippen LogP) is 2.24. The highest BCUT2D eigenvalue weighted by Crippen LogP contribution is 2.52. The molecule has 0 aromatic carbocycles. The first-order valence-corrected chi connectivity index (χ1v) is 8.20. The van der Waals surface area contributed by atoms with Crippen molar-refractivity contribution in [2.45, 2.75) is 57.4 Å². The van der Waals surface area contributed by atoms with Gasteiger partial charge in [-0.25, -0.2) is 13.8 Å². The maximum atomic E-state index is 13.7. The first-order valence-electron chi connectivity index (χ1n) is 8.20. The summed E-state index contributed by atoms with van der Waals surface area (Å²) >= 11 is 0. The number of hydrogen-bond donors (Lipinski definition) is 2. The molecule has 2 aliphatic rings. The van der Waals surface area contributed by atoms with E-state index in [1.165, 1.54) is 0 Å². The van der Waals surface area contributed by atoms with E-state index in [1.807, 2.05) is 18.7 Å². The number of rotatable bonds is 2. The first-order chi connectivity index (χ1) is 10.7. The third-order valence-electron chi connectivity index (χ3n) is 5.38. The quantitative estimate of drug-likeness (QED) is 0.874. The van der Waals surface area contributed by atoms with Gasteiger partial charge in [0, 0.05) is 43.9 Å². The molecule has 0 radical (unpaired) electrons. The normalized spacial score (nSPS) is 26.2. The van der Waals surface area contributed by atoms with Gasteiger partial charge in [0.1, 0.15) is 0 Å². The van der Waals surface area contributed by atoms with Crippen LogP contribution in [-0.4, -0.2) is 35.0 Å². The number of halogens is 2. The molecule has 1 aromatic heterocycles. The highest BCUT2D eigenvalue weighted by Gasteiger charge is 2.55. The van der Waals surface area contributed by atoms with Crippen molar-refractivity contribution in [3.05, 3.63) is 22.2 Å². The smallest absolute Gasteiger partial charge is 0.291 e. The second-order valence-electron chi connectivity index (χ2n) is 7.34. The van der Waals surface area contributed by atoms with Crippen LogP contribution < -0.4 is 16.2 Å². The number of nitrogens with two attached hydrogens (primary N) is 1. The van der Waals surface area contributed by atoms with Gasteiger partial charge in [-0.05, 0) is 24.2 Å². The van der Waals surface area contributed by atoms with Crippen molar-refractivity contribution in [1.29, 1.82) is 0 Å². The molecule has 1 spiro atoms. The molecule has 0 unspecified atom stereocenters. The van der Waals surface area contributed by atoms with Gasteiger partial charge in [-0.2, -0.15) is 0 Å². The van der Waals surface area contributed by atoms with Gasteiger partial charge < -0.3 is 15.6 Å². The predicted molar refractivity (Wildman–Crippen MR) is 85.0 cm³/mol. The van der Waals surface area contributed by atoms with Crippen molar-refractivity contribution in [1.82, 2.24) is 9.97 Å². The Labute approximate surface area is 134 Å². The molecule has 0 bridgehead atoms. The average Bonchev–Trinajstić information content (AvgIpc) is 2.69. The third kappa shape index (κ3) is 2.98. The van der Waals surface area contributed by atoms with E-state index in [9.17, 15) is 13.6 Å². The van der Waals surface area contributed by atoms with E-state index < -0.39 is 17.4 Å². The molecule has 5 nitrogen and oxygen atoms in total. The number of nitrogens with one attached hydrogen (secondary N) is 1. The van der Waals surface area contributed by atoms with E-state index in [0.29, 0.717) is 31.7 Å². The molecule has 1 saturated heterocycles. The Balaban J connectivity index is 1.74. The number of aromatic nitrogens is 2. The zero-order valence-electron chi connectivity index (χ0n) is 13.6. The van der Waals surface area contributed by atoms with Crippen LogP contribution in [0.15, 0.2) is 11.0 Å². The van der Waals surface area contributed by atoms with Gasteiger partial charge in [0.15, 0.2) is 5.82 Å². The summed E-state index contributed by atoms with van der Waals surface area (Å²) in [5, 5.41) is 0. The standard InChI is InChI=1S/C16H24F2N4O/c1-10(2)11-8-20-13(14(23)21-11)22-5-3-15(4-6-22)9-16(17,18)7-12(15)19/h8,10,12H,3-7,9,19H2,1-2H3,(H,21,23)/t12-/m1/s1. The van der Waals surface area contributed by atoms with Crippen LogP contribution in [0.1, 0.15) is 51.1 Å². The van der Waals surface area contributed by atoms with Crippen LogP contribution >= 0.6 is 0 Å². The Morgan fingerprint density at radius 1 is 1.39 bits per heavy atom. The average molecular weight is 326 g/mol. The second kappa shape index (κ2) is 5.54. The Morgan fingerprint density at radius 2 is 2.04 bits per heavy atom. The maximum Gasteiger partial charge on any atom is 0.291 e. The van der Waals surface area contributed by atoms with Gasteiger partial charge in [-0.3, -0.25) is 4.79 Å². The molecular weight excluding hydrogens is 302 g/mol. The SMILES string of the molecule is CC(C)c1cnc(N2CCC3(CC2)CC(F)(F)C[C@H]3N)c(=O)[nH]1. The number of aromatic amines is 1. The molecule has 2 fully saturated rings. The van der Waals surface area contributed by atoms with Gasteiger partial charge in [-0.15, -0.1) is 0 Å². The van der Waals surface area contributed by atoms with Gasteiger partial charge in [0.2, 0.25) is 5.92 Å². The van der Waals surface area contributed by atoms with Crippen LogP contribution in [0.2, 0.25) is 0 Å². The molecule has 0 amide bonds. The topological polar surface area (TPSA) is 75.0 Å². The molecule has 7 heteroatoms. The summed E-state index contributed by atoms with van der Waals surface area (Å²) in [6, 6.07) is -0.464. The minimum absolute atomic E-state index is 0.134. The van der Waals surface area contributed by atoms with E-state index >= 15 is 0 Å². The van der Waals surface area contributed by atoms with Gasteiger partial charge >= 0.3 is 0 Å². The monoisotopic (exact) mass is 326 g/mol. The minimum atomic E-state index is -2.66. The Hall–Kier alpha value is -1.50. The second-order valence-corrected chi connectivity index (χ2v) is 7.34. The molecule has 1 atom stereocenters. The number of piperidine rings is 1. The molecule has 2 heterocycles. The Bertz CT molecular complexity index is 635. The number of alkyl halides is 2. The summed E-state index contributed by atoms with van der Waals surface area (Å²) in [5.41, 5.74) is 6.09. The molecule has 128 valence electrons. The van der Waals surface area contributed by atoms with Crippen LogP contribution in [0.3, 0.4) is 0 Å². The number of hydrogen-bond acceptors (Lipinski definition) is 4. The number of anilines is 1. The molecule has 3 rings (SSSR count). The Morgan fingerprint density at radius 3 is 2.52 bits per heavy atom. The Kier molecular flexibility index (Phi) is 3.94. The molecular formula is C16H24F2N4O. The maximum absolute atomic E-state index is 13.7. The molecule has 1 aromatic rings. The van der Waals surface area contributed by atoms with Crippen molar-refractivity contribution in [3.8, 4) is 0 Å². The first kappa shape index (κ1) is 16.4. The summed E-state index contributed by atoms with van der Waals surface area (Å²) in [6.07, 6.45) is 2.48. The molecule has 1 aliphatic carbocycles. The van der Waals surface area contributed by atoms with Gasteiger partial charge in [0.05, 0.1) is 0 Å². The van der Waals surface area contributed by atoms with Crippen molar-refractivity contribution in [3.63, 3.8) is 0 Å².